The number of hydrogen-bond acceptors (Lipinski definition) is 4. The van der Waals surface area contributed by atoms with Crippen molar-refractivity contribution in [2.45, 2.75) is 18.9 Å². The fraction of sp³-hybridized carbons (Fsp3) is 0.538. The van der Waals surface area contributed by atoms with Gasteiger partial charge < -0.3 is 20.3 Å². The van der Waals surface area contributed by atoms with Crippen LogP contribution >= 0.6 is 0 Å². The molecule has 0 spiro atoms. The minimum absolute atomic E-state index is 0.116. The highest BCUT2D eigenvalue weighted by molar-refractivity contribution is 5.37. The number of phenolic OH excluding ortho intramolecular Hbond substituents is 1. The van der Waals surface area contributed by atoms with E-state index >= 15 is 0 Å². The maximum absolute atomic E-state index is 9.99. The molecule has 1 aliphatic rings. The number of rotatable bonds is 4. The van der Waals surface area contributed by atoms with Crippen molar-refractivity contribution in [3.63, 3.8) is 0 Å². The van der Waals surface area contributed by atoms with E-state index in [0.717, 1.165) is 25.9 Å². The van der Waals surface area contributed by atoms with E-state index in [0.29, 0.717) is 11.7 Å². The molecule has 1 atom stereocenters. The molecule has 3 N–H and O–H groups in total. The van der Waals surface area contributed by atoms with Crippen LogP contribution in [0.3, 0.4) is 0 Å². The molecule has 4 nitrogen and oxygen atoms in total. The lowest BCUT2D eigenvalue weighted by Gasteiger charge is -2.27. The Morgan fingerprint density at radius 1 is 1.29 bits per heavy atom. The summed E-state index contributed by atoms with van der Waals surface area (Å²) < 4.78 is 5.43. The predicted octanol–water partition coefficient (Wildman–Crippen LogP) is 1.13. The van der Waals surface area contributed by atoms with Crippen LogP contribution in [0.25, 0.3) is 0 Å². The molecule has 0 saturated carbocycles. The van der Waals surface area contributed by atoms with Crippen molar-refractivity contribution in [2.24, 2.45) is 5.92 Å². The SMILES string of the molecule is Oc1ccccc1OCC(O)C1CCNCC1. The highest BCUT2D eigenvalue weighted by Gasteiger charge is 2.22. The maximum atomic E-state index is 9.99. The number of aromatic hydroxyl groups is 1. The van der Waals surface area contributed by atoms with Crippen LogP contribution in [0.4, 0.5) is 0 Å². The maximum Gasteiger partial charge on any atom is 0.161 e. The monoisotopic (exact) mass is 237 g/mol. The van der Waals surface area contributed by atoms with Crippen LogP contribution in [0, 0.1) is 5.92 Å². The van der Waals surface area contributed by atoms with Crippen LogP contribution in [0.2, 0.25) is 0 Å². The van der Waals surface area contributed by atoms with Crippen LogP contribution in [0.15, 0.2) is 24.3 Å². The zero-order valence-corrected chi connectivity index (χ0v) is 9.80. The van der Waals surface area contributed by atoms with Gasteiger partial charge in [-0.25, -0.2) is 0 Å². The molecule has 2 rings (SSSR count). The molecule has 0 radical (unpaired) electrons. The summed E-state index contributed by atoms with van der Waals surface area (Å²) in [7, 11) is 0. The van der Waals surface area contributed by atoms with E-state index in [9.17, 15) is 10.2 Å². The third kappa shape index (κ3) is 3.35. The van der Waals surface area contributed by atoms with Crippen LogP contribution in [-0.2, 0) is 0 Å². The van der Waals surface area contributed by atoms with Crippen molar-refractivity contribution in [1.29, 1.82) is 0 Å². The third-order valence-electron chi connectivity index (χ3n) is 3.20. The second-order valence-corrected chi connectivity index (χ2v) is 4.43. The van der Waals surface area contributed by atoms with Crippen LogP contribution in [0.5, 0.6) is 11.5 Å². The fourth-order valence-corrected chi connectivity index (χ4v) is 2.12. The van der Waals surface area contributed by atoms with Crippen LogP contribution in [0.1, 0.15) is 12.8 Å². The Labute approximate surface area is 101 Å². The number of nitrogens with one attached hydrogen (secondary N) is 1. The van der Waals surface area contributed by atoms with Gasteiger partial charge in [-0.05, 0) is 44.0 Å². The molecule has 94 valence electrons. The van der Waals surface area contributed by atoms with Gasteiger partial charge in [-0.15, -0.1) is 0 Å². The molecule has 0 aliphatic carbocycles. The molecule has 4 heteroatoms. The van der Waals surface area contributed by atoms with Crippen LogP contribution < -0.4 is 10.1 Å². The van der Waals surface area contributed by atoms with Gasteiger partial charge in [0.25, 0.3) is 0 Å². The van der Waals surface area contributed by atoms with Gasteiger partial charge in [-0.1, -0.05) is 12.1 Å². The van der Waals surface area contributed by atoms with Gasteiger partial charge in [0.2, 0.25) is 0 Å². The first kappa shape index (κ1) is 12.2. The summed E-state index contributed by atoms with van der Waals surface area (Å²) in [6.07, 6.45) is 1.49. The first-order valence-electron chi connectivity index (χ1n) is 6.07. The summed E-state index contributed by atoms with van der Waals surface area (Å²) >= 11 is 0. The van der Waals surface area contributed by atoms with Gasteiger partial charge in [0.1, 0.15) is 6.61 Å². The smallest absolute Gasteiger partial charge is 0.161 e. The Bertz CT molecular complexity index is 350. The first-order chi connectivity index (χ1) is 8.27. The zero-order valence-electron chi connectivity index (χ0n) is 9.80. The van der Waals surface area contributed by atoms with Crippen molar-refractivity contribution in [2.75, 3.05) is 19.7 Å². The van der Waals surface area contributed by atoms with Crippen molar-refractivity contribution < 1.29 is 14.9 Å². The summed E-state index contributed by atoms with van der Waals surface area (Å²) in [5, 5.41) is 22.8. The van der Waals surface area contributed by atoms with Gasteiger partial charge in [-0.3, -0.25) is 0 Å². The molecule has 1 aromatic rings. The van der Waals surface area contributed by atoms with E-state index in [1.54, 1.807) is 24.3 Å². The molecular weight excluding hydrogens is 218 g/mol. The molecule has 1 heterocycles. The quantitative estimate of drug-likeness (QED) is 0.734. The Hall–Kier alpha value is -1.26. The second-order valence-electron chi connectivity index (χ2n) is 4.43. The molecule has 17 heavy (non-hydrogen) atoms. The lowest BCUT2D eigenvalue weighted by atomic mass is 9.93. The average molecular weight is 237 g/mol. The fourth-order valence-electron chi connectivity index (χ4n) is 2.12. The summed E-state index contributed by atoms with van der Waals surface area (Å²) in [6.45, 7) is 2.15. The van der Waals surface area contributed by atoms with E-state index in [4.69, 9.17) is 4.74 Å². The molecule has 1 saturated heterocycles. The normalized spacial score (nSPS) is 18.9. The van der Waals surface area contributed by atoms with Gasteiger partial charge >= 0.3 is 0 Å². The number of aliphatic hydroxyl groups is 1. The molecule has 1 aromatic carbocycles. The van der Waals surface area contributed by atoms with E-state index < -0.39 is 6.10 Å². The van der Waals surface area contributed by atoms with Gasteiger partial charge in [0.15, 0.2) is 11.5 Å². The number of ether oxygens (including phenoxy) is 1. The highest BCUT2D eigenvalue weighted by atomic mass is 16.5. The lowest BCUT2D eigenvalue weighted by Crippen LogP contribution is -2.36. The number of benzene rings is 1. The summed E-state index contributed by atoms with van der Waals surface area (Å²) in [6, 6.07) is 6.81. The van der Waals surface area contributed by atoms with Gasteiger partial charge in [0.05, 0.1) is 6.10 Å². The van der Waals surface area contributed by atoms with E-state index in [-0.39, 0.29) is 12.4 Å². The second kappa shape index (κ2) is 5.89. The Balaban J connectivity index is 1.83. The minimum Gasteiger partial charge on any atom is -0.504 e. The Kier molecular flexibility index (Phi) is 4.23. The number of piperidine rings is 1. The largest absolute Gasteiger partial charge is 0.504 e. The van der Waals surface area contributed by atoms with E-state index in [1.165, 1.54) is 0 Å². The summed E-state index contributed by atoms with van der Waals surface area (Å²) in [5.41, 5.74) is 0. The summed E-state index contributed by atoms with van der Waals surface area (Å²) in [4.78, 5) is 0. The zero-order chi connectivity index (χ0) is 12.1. The van der Waals surface area contributed by atoms with Gasteiger partial charge in [-0.2, -0.15) is 0 Å². The van der Waals surface area contributed by atoms with Crippen molar-refractivity contribution in [1.82, 2.24) is 5.32 Å². The average Bonchev–Trinajstić information content (AvgIpc) is 2.38. The number of para-hydroxylation sites is 2. The highest BCUT2D eigenvalue weighted by Crippen LogP contribution is 2.25. The van der Waals surface area contributed by atoms with Crippen molar-refractivity contribution in [3.05, 3.63) is 24.3 Å². The molecule has 0 amide bonds. The molecule has 1 aliphatic heterocycles. The molecule has 1 fully saturated rings. The van der Waals surface area contributed by atoms with Crippen LogP contribution in [-0.4, -0.2) is 36.0 Å². The standard InChI is InChI=1S/C13H19NO3/c15-11-3-1-2-4-13(11)17-9-12(16)10-5-7-14-8-6-10/h1-4,10,12,14-16H,5-9H2. The predicted molar refractivity (Wildman–Crippen MR) is 65.2 cm³/mol. The molecule has 0 aromatic heterocycles. The van der Waals surface area contributed by atoms with E-state index in [2.05, 4.69) is 5.32 Å². The summed E-state index contributed by atoms with van der Waals surface area (Å²) in [5.74, 6) is 0.840. The number of hydrogen-bond donors (Lipinski definition) is 3. The molecule has 1 unspecified atom stereocenters. The van der Waals surface area contributed by atoms with E-state index in [1.807, 2.05) is 0 Å². The number of phenols is 1. The first-order valence-corrected chi connectivity index (χ1v) is 6.07. The third-order valence-corrected chi connectivity index (χ3v) is 3.20. The Morgan fingerprint density at radius 3 is 2.71 bits per heavy atom. The molecule has 0 bridgehead atoms. The minimum atomic E-state index is -0.461. The topological polar surface area (TPSA) is 61.7 Å². The lowest BCUT2D eigenvalue weighted by molar-refractivity contribution is 0.0434. The Morgan fingerprint density at radius 2 is 2.00 bits per heavy atom. The van der Waals surface area contributed by atoms with Crippen molar-refractivity contribution in [3.8, 4) is 11.5 Å². The van der Waals surface area contributed by atoms with Gasteiger partial charge in [0, 0.05) is 0 Å². The van der Waals surface area contributed by atoms with Crippen molar-refractivity contribution >= 4 is 0 Å². The molecular formula is C13H19NO3. The number of aliphatic hydroxyl groups excluding tert-OH is 1.